The molecule has 2 fully saturated rings. The van der Waals surface area contributed by atoms with Crippen molar-refractivity contribution in [3.05, 3.63) is 0 Å². The van der Waals surface area contributed by atoms with Crippen LogP contribution < -0.4 is 5.43 Å². The third kappa shape index (κ3) is 3.79. The number of amides is 2. The van der Waals surface area contributed by atoms with Gasteiger partial charge >= 0.3 is 12.2 Å². The van der Waals surface area contributed by atoms with Gasteiger partial charge in [0.15, 0.2) is 0 Å². The first-order valence-electron chi connectivity index (χ1n) is 9.61. The Balaban J connectivity index is 2.34. The van der Waals surface area contributed by atoms with E-state index in [2.05, 4.69) is 26.2 Å². The fourth-order valence-corrected chi connectivity index (χ4v) is 4.61. The molecule has 3 unspecified atom stereocenters. The molecule has 2 bridgehead atoms. The van der Waals surface area contributed by atoms with Gasteiger partial charge in [0, 0.05) is 0 Å². The fraction of sp³-hybridized carbons (Fsp3) is 0.900. The topological polar surface area (TPSA) is 67.9 Å². The van der Waals surface area contributed by atoms with Gasteiger partial charge in [-0.05, 0) is 85.0 Å². The summed E-state index contributed by atoms with van der Waals surface area (Å²) in [6.45, 7) is 17.3. The number of rotatable bonds is 1. The van der Waals surface area contributed by atoms with Crippen LogP contribution in [-0.2, 0) is 9.47 Å². The van der Waals surface area contributed by atoms with Gasteiger partial charge in [-0.2, -0.15) is 0 Å². The highest BCUT2D eigenvalue weighted by Gasteiger charge is 2.65. The van der Waals surface area contributed by atoms with Gasteiger partial charge < -0.3 is 9.47 Å². The van der Waals surface area contributed by atoms with E-state index in [4.69, 9.17) is 9.47 Å². The van der Waals surface area contributed by atoms with Gasteiger partial charge in [0.25, 0.3) is 0 Å². The van der Waals surface area contributed by atoms with Crippen molar-refractivity contribution in [2.75, 3.05) is 0 Å². The molecule has 6 nitrogen and oxygen atoms in total. The number of hydrazine groups is 1. The maximum Gasteiger partial charge on any atom is 0.429 e. The predicted molar refractivity (Wildman–Crippen MR) is 100 cm³/mol. The lowest BCUT2D eigenvalue weighted by atomic mass is 9.64. The zero-order valence-corrected chi connectivity index (χ0v) is 17.9. The summed E-state index contributed by atoms with van der Waals surface area (Å²) in [4.78, 5) is 25.5. The minimum atomic E-state index is -0.650. The molecule has 0 saturated heterocycles. The summed E-state index contributed by atoms with van der Waals surface area (Å²) in [5.74, 6) is 0.854. The minimum Gasteiger partial charge on any atom is -0.443 e. The molecule has 0 spiro atoms. The molecular formula is C20H36N2O4. The van der Waals surface area contributed by atoms with Crippen molar-refractivity contribution in [2.45, 2.75) is 98.3 Å². The van der Waals surface area contributed by atoms with Crippen LogP contribution in [0.4, 0.5) is 9.59 Å². The van der Waals surface area contributed by atoms with Gasteiger partial charge in [-0.3, -0.25) is 0 Å². The van der Waals surface area contributed by atoms with E-state index < -0.39 is 28.9 Å². The summed E-state index contributed by atoms with van der Waals surface area (Å²) in [6.07, 6.45) is 2.12. The van der Waals surface area contributed by atoms with Gasteiger partial charge in [-0.1, -0.05) is 13.8 Å². The highest BCUT2D eigenvalue weighted by molar-refractivity contribution is 5.75. The molecular weight excluding hydrogens is 332 g/mol. The molecule has 0 aromatic rings. The Bertz CT molecular complexity index is 573. The van der Waals surface area contributed by atoms with E-state index in [1.807, 2.05) is 20.8 Å². The van der Waals surface area contributed by atoms with Gasteiger partial charge in [0.1, 0.15) is 11.2 Å². The number of hydrogen-bond acceptors (Lipinski definition) is 4. The molecule has 2 aliphatic rings. The first-order chi connectivity index (χ1) is 11.6. The van der Waals surface area contributed by atoms with E-state index in [1.54, 1.807) is 20.8 Å². The number of fused-ring (bicyclic) bond motifs is 2. The summed E-state index contributed by atoms with van der Waals surface area (Å²) < 4.78 is 11.0. The smallest absolute Gasteiger partial charge is 0.429 e. The van der Waals surface area contributed by atoms with Crippen LogP contribution in [0, 0.1) is 17.3 Å². The van der Waals surface area contributed by atoms with Crippen molar-refractivity contribution < 1.29 is 19.1 Å². The molecule has 2 rings (SSSR count). The molecule has 150 valence electrons. The molecule has 0 aromatic heterocycles. The zero-order valence-electron chi connectivity index (χ0n) is 17.9. The van der Waals surface area contributed by atoms with Crippen LogP contribution >= 0.6 is 0 Å². The van der Waals surface area contributed by atoms with Crippen LogP contribution in [0.25, 0.3) is 0 Å². The largest absolute Gasteiger partial charge is 0.443 e. The Kier molecular flexibility index (Phi) is 5.06. The van der Waals surface area contributed by atoms with Crippen LogP contribution in [0.2, 0.25) is 0 Å². The lowest BCUT2D eigenvalue weighted by Gasteiger charge is -2.53. The quantitative estimate of drug-likeness (QED) is 0.670. The third-order valence-corrected chi connectivity index (χ3v) is 6.20. The van der Waals surface area contributed by atoms with E-state index in [0.29, 0.717) is 11.8 Å². The summed E-state index contributed by atoms with van der Waals surface area (Å²) >= 11 is 0. The van der Waals surface area contributed by atoms with Crippen molar-refractivity contribution in [1.82, 2.24) is 10.4 Å². The van der Waals surface area contributed by atoms with Crippen LogP contribution in [0.15, 0.2) is 0 Å². The third-order valence-electron chi connectivity index (χ3n) is 6.20. The van der Waals surface area contributed by atoms with Crippen LogP contribution in [0.5, 0.6) is 0 Å². The molecule has 26 heavy (non-hydrogen) atoms. The van der Waals surface area contributed by atoms with E-state index in [-0.39, 0.29) is 5.41 Å². The first-order valence-corrected chi connectivity index (χ1v) is 9.61. The maximum atomic E-state index is 13.0. The number of nitrogens with zero attached hydrogens (tertiary/aromatic N) is 1. The molecule has 2 saturated carbocycles. The molecule has 0 heterocycles. The average molecular weight is 369 g/mol. The lowest BCUT2D eigenvalue weighted by Crippen LogP contribution is -2.67. The summed E-state index contributed by atoms with van der Waals surface area (Å²) in [5, 5.41) is 1.41. The van der Waals surface area contributed by atoms with Gasteiger partial charge in [-0.25, -0.2) is 20.0 Å². The second kappa shape index (κ2) is 6.31. The van der Waals surface area contributed by atoms with Gasteiger partial charge in [-0.15, -0.1) is 0 Å². The summed E-state index contributed by atoms with van der Waals surface area (Å²) in [7, 11) is 0. The van der Waals surface area contributed by atoms with E-state index in [0.717, 1.165) is 12.8 Å². The Morgan fingerprint density at radius 2 is 1.42 bits per heavy atom. The van der Waals surface area contributed by atoms with E-state index in [1.165, 1.54) is 11.4 Å². The fourth-order valence-electron chi connectivity index (χ4n) is 4.61. The number of hydrogen-bond donors (Lipinski definition) is 1. The second-order valence-corrected chi connectivity index (χ2v) is 10.5. The Morgan fingerprint density at radius 3 is 1.85 bits per heavy atom. The van der Waals surface area contributed by atoms with E-state index in [9.17, 15) is 9.59 Å². The molecule has 6 heteroatoms. The number of ether oxygens (including phenoxy) is 2. The Hall–Kier alpha value is -1.46. The van der Waals surface area contributed by atoms with Crippen molar-refractivity contribution in [3.63, 3.8) is 0 Å². The first kappa shape index (κ1) is 20.8. The molecule has 2 aliphatic carbocycles. The normalized spacial score (nSPS) is 30.0. The summed E-state index contributed by atoms with van der Waals surface area (Å²) in [5.41, 5.74) is 0.753. The van der Waals surface area contributed by atoms with Gasteiger partial charge in [0.05, 0.1) is 5.54 Å². The van der Waals surface area contributed by atoms with Crippen LogP contribution in [0.3, 0.4) is 0 Å². The standard InChI is InChI=1S/C20H36N2O4/c1-17(2,3)25-15(23)21-22(16(24)26-18(4,5)6)20(9)14-11-10-13(12-14)19(20,7)8/h13-14H,10-12H2,1-9H3,(H,21,23). The number of nitrogens with one attached hydrogen (secondary N) is 1. The van der Waals surface area contributed by atoms with Gasteiger partial charge in [0.2, 0.25) is 0 Å². The monoisotopic (exact) mass is 368 g/mol. The lowest BCUT2D eigenvalue weighted by molar-refractivity contribution is -0.0831. The number of carbonyl (C=O) groups excluding carboxylic acids is 2. The van der Waals surface area contributed by atoms with Crippen molar-refractivity contribution in [2.24, 2.45) is 17.3 Å². The molecule has 1 N–H and O–H groups in total. The Morgan fingerprint density at radius 1 is 0.923 bits per heavy atom. The molecule has 0 radical (unpaired) electrons. The minimum absolute atomic E-state index is 0.137. The summed E-state index contributed by atoms with van der Waals surface area (Å²) in [6, 6.07) is 0. The highest BCUT2D eigenvalue weighted by Crippen LogP contribution is 2.63. The van der Waals surface area contributed by atoms with E-state index >= 15 is 0 Å². The average Bonchev–Trinajstić information content (AvgIpc) is 2.95. The molecule has 0 aromatic carbocycles. The SMILES string of the molecule is CC(C)(C)OC(=O)NN(C(=O)OC(C)(C)C)C1(C)C2CCC(C2)C1(C)C. The number of carbonyl (C=O) groups is 2. The second-order valence-electron chi connectivity index (χ2n) is 10.5. The molecule has 2 amide bonds. The molecule has 0 aliphatic heterocycles. The van der Waals surface area contributed by atoms with Crippen molar-refractivity contribution >= 4 is 12.2 Å². The van der Waals surface area contributed by atoms with Crippen LogP contribution in [-0.4, -0.2) is 33.9 Å². The van der Waals surface area contributed by atoms with Crippen molar-refractivity contribution in [3.8, 4) is 0 Å². The van der Waals surface area contributed by atoms with Crippen LogP contribution in [0.1, 0.15) is 81.6 Å². The molecule has 3 atom stereocenters. The Labute approximate surface area is 157 Å². The van der Waals surface area contributed by atoms with Crippen molar-refractivity contribution in [1.29, 1.82) is 0 Å². The zero-order chi connectivity index (χ0) is 20.1. The highest BCUT2D eigenvalue weighted by atomic mass is 16.6. The maximum absolute atomic E-state index is 13.0. The predicted octanol–water partition coefficient (Wildman–Crippen LogP) is 4.88.